The molecule has 0 radical (unpaired) electrons. The van der Waals surface area contributed by atoms with Crippen molar-refractivity contribution in [2.24, 2.45) is 0 Å². The first-order valence-electron chi connectivity index (χ1n) is 2.37. The maximum absolute atomic E-state index is 6.76. The zero-order chi connectivity index (χ0) is 6.69. The van der Waals surface area contributed by atoms with E-state index in [4.69, 9.17) is 17.0 Å². The molecule has 0 aliphatic carbocycles. The molecule has 0 saturated heterocycles. The Morgan fingerprint density at radius 2 is 2.40 bits per heavy atom. The van der Waals surface area contributed by atoms with Crippen molar-refractivity contribution >= 4 is 17.8 Å². The standard InChI is InChI=1S/C6H4ClN2.K/c7-6-3-1-2-5(4-8)9-6;/h1,3-4,8H;/q-1;+1. The molecular weight excluding hydrogens is 175 g/mol. The number of nitrogens with one attached hydrogen (secondary N) is 1. The quantitative estimate of drug-likeness (QED) is 0.243. The van der Waals surface area contributed by atoms with Gasteiger partial charge in [-0.1, -0.05) is 17.8 Å². The second-order valence-electron chi connectivity index (χ2n) is 1.44. The molecule has 0 aliphatic heterocycles. The number of pyridine rings is 1. The average Bonchev–Trinajstić information content (AvgIpc) is 1.88. The fourth-order valence-electron chi connectivity index (χ4n) is 0.454. The summed E-state index contributed by atoms with van der Waals surface area (Å²) in [7, 11) is 0. The van der Waals surface area contributed by atoms with Crippen LogP contribution in [0.1, 0.15) is 5.69 Å². The Balaban J connectivity index is 0.000000810. The van der Waals surface area contributed by atoms with Crippen molar-refractivity contribution in [2.75, 3.05) is 0 Å². The van der Waals surface area contributed by atoms with E-state index in [0.29, 0.717) is 10.8 Å². The van der Waals surface area contributed by atoms with E-state index in [-0.39, 0.29) is 51.4 Å². The molecule has 4 heteroatoms. The Hall–Kier alpha value is 0.746. The number of rotatable bonds is 1. The van der Waals surface area contributed by atoms with Crippen LogP contribution in [0.15, 0.2) is 12.1 Å². The molecule has 1 aromatic rings. The van der Waals surface area contributed by atoms with Crippen LogP contribution in [0.2, 0.25) is 5.15 Å². The Kier molecular flexibility index (Phi) is 5.81. The van der Waals surface area contributed by atoms with Crippen LogP contribution in [0.4, 0.5) is 0 Å². The normalized spacial score (nSPS) is 8.10. The van der Waals surface area contributed by atoms with Crippen LogP contribution < -0.4 is 51.4 Å². The van der Waals surface area contributed by atoms with E-state index in [2.05, 4.69) is 11.1 Å². The van der Waals surface area contributed by atoms with Crippen molar-refractivity contribution in [1.29, 1.82) is 5.41 Å². The molecule has 46 valence electrons. The second-order valence-corrected chi connectivity index (χ2v) is 1.83. The van der Waals surface area contributed by atoms with Gasteiger partial charge in [-0.05, 0) is 5.69 Å². The van der Waals surface area contributed by atoms with Crippen LogP contribution in [0.25, 0.3) is 0 Å². The molecule has 0 fully saturated rings. The summed E-state index contributed by atoms with van der Waals surface area (Å²) in [6, 6.07) is 5.97. The third-order valence-corrected chi connectivity index (χ3v) is 1.03. The molecule has 0 aromatic carbocycles. The topological polar surface area (TPSA) is 36.7 Å². The van der Waals surface area contributed by atoms with Crippen LogP contribution >= 0.6 is 11.6 Å². The molecule has 1 aromatic heterocycles. The molecule has 0 bridgehead atoms. The predicted molar refractivity (Wildman–Crippen MR) is 36.0 cm³/mol. The van der Waals surface area contributed by atoms with Gasteiger partial charge in [0.15, 0.2) is 0 Å². The van der Waals surface area contributed by atoms with Crippen molar-refractivity contribution in [2.45, 2.75) is 0 Å². The zero-order valence-corrected chi connectivity index (χ0v) is 9.44. The fraction of sp³-hybridized carbons (Fsp3) is 0. The molecule has 0 spiro atoms. The molecule has 1 N–H and O–H groups in total. The number of aromatic nitrogens is 1. The summed E-state index contributed by atoms with van der Waals surface area (Å²) in [5.74, 6) is 0. The smallest absolute Gasteiger partial charge is 0.370 e. The van der Waals surface area contributed by atoms with E-state index in [1.807, 2.05) is 0 Å². The first kappa shape index (κ1) is 10.7. The van der Waals surface area contributed by atoms with Crippen molar-refractivity contribution < 1.29 is 51.4 Å². The van der Waals surface area contributed by atoms with Crippen molar-refractivity contribution in [3.63, 3.8) is 0 Å². The van der Waals surface area contributed by atoms with Gasteiger partial charge in [-0.15, -0.1) is 6.07 Å². The summed E-state index contributed by atoms with van der Waals surface area (Å²) in [4.78, 5) is 3.76. The molecule has 0 aliphatic rings. The molecule has 10 heavy (non-hydrogen) atoms. The van der Waals surface area contributed by atoms with E-state index in [9.17, 15) is 0 Å². The molecule has 1 heterocycles. The van der Waals surface area contributed by atoms with E-state index < -0.39 is 0 Å². The second kappa shape index (κ2) is 5.40. The molecule has 0 atom stereocenters. The third-order valence-electron chi connectivity index (χ3n) is 0.816. The Labute approximate surface area is 107 Å². The number of hydrogen-bond donors (Lipinski definition) is 1. The monoisotopic (exact) mass is 178 g/mol. The predicted octanol–water partition coefficient (Wildman–Crippen LogP) is -1.46. The van der Waals surface area contributed by atoms with Crippen LogP contribution in [0, 0.1) is 11.5 Å². The zero-order valence-electron chi connectivity index (χ0n) is 5.56. The van der Waals surface area contributed by atoms with Gasteiger partial charge in [-0.25, -0.2) is 0 Å². The minimum absolute atomic E-state index is 0. The van der Waals surface area contributed by atoms with Gasteiger partial charge in [-0.2, -0.15) is 12.1 Å². The summed E-state index contributed by atoms with van der Waals surface area (Å²) < 4.78 is 0. The van der Waals surface area contributed by atoms with Gasteiger partial charge in [-0.3, -0.25) is 4.98 Å². The largest absolute Gasteiger partial charge is 1.00 e. The van der Waals surface area contributed by atoms with Crippen LogP contribution in [-0.4, -0.2) is 11.2 Å². The van der Waals surface area contributed by atoms with E-state index >= 15 is 0 Å². The maximum atomic E-state index is 6.76. The van der Waals surface area contributed by atoms with E-state index in [0.717, 1.165) is 6.21 Å². The Morgan fingerprint density at radius 3 is 2.80 bits per heavy atom. The number of hydrogen-bond acceptors (Lipinski definition) is 2. The summed E-state index contributed by atoms with van der Waals surface area (Å²) in [6.07, 6.45) is 1.10. The molecule has 0 amide bonds. The van der Waals surface area contributed by atoms with Crippen LogP contribution in [-0.2, 0) is 0 Å². The van der Waals surface area contributed by atoms with Gasteiger partial charge in [0, 0.05) is 0 Å². The molecular formula is C6H4ClKN2. The Bertz CT molecular complexity index is 227. The summed E-state index contributed by atoms with van der Waals surface area (Å²) in [6.45, 7) is 0. The first-order chi connectivity index (χ1) is 4.33. The minimum atomic E-state index is 0. The van der Waals surface area contributed by atoms with Crippen molar-refractivity contribution in [1.82, 2.24) is 4.98 Å². The van der Waals surface area contributed by atoms with E-state index in [1.54, 1.807) is 12.1 Å². The van der Waals surface area contributed by atoms with Gasteiger partial charge in [0.05, 0.1) is 5.15 Å². The van der Waals surface area contributed by atoms with E-state index in [1.165, 1.54) is 0 Å². The number of nitrogens with zero attached hydrogens (tertiary/aromatic N) is 1. The first-order valence-corrected chi connectivity index (χ1v) is 2.75. The summed E-state index contributed by atoms with van der Waals surface area (Å²) >= 11 is 5.49. The van der Waals surface area contributed by atoms with Gasteiger partial charge in [0.1, 0.15) is 0 Å². The van der Waals surface area contributed by atoms with Crippen molar-refractivity contribution in [3.05, 3.63) is 29.0 Å². The van der Waals surface area contributed by atoms with Gasteiger partial charge in [0.25, 0.3) is 0 Å². The van der Waals surface area contributed by atoms with Gasteiger partial charge >= 0.3 is 51.4 Å². The molecule has 2 nitrogen and oxygen atoms in total. The Morgan fingerprint density at radius 1 is 1.70 bits per heavy atom. The summed E-state index contributed by atoms with van der Waals surface area (Å²) in [5.41, 5.74) is 0.461. The van der Waals surface area contributed by atoms with Crippen LogP contribution in [0.5, 0.6) is 0 Å². The van der Waals surface area contributed by atoms with Crippen LogP contribution in [0.3, 0.4) is 0 Å². The summed E-state index contributed by atoms with van der Waals surface area (Å²) in [5, 5.41) is 7.16. The SMILES string of the molecule is N=Cc1[c-]ccc(Cl)n1.[K+]. The minimum Gasteiger partial charge on any atom is -0.370 e. The number of halogens is 1. The molecule has 0 saturated carbocycles. The van der Waals surface area contributed by atoms with Crippen molar-refractivity contribution in [3.8, 4) is 0 Å². The van der Waals surface area contributed by atoms with Gasteiger partial charge < -0.3 is 5.41 Å². The molecule has 1 rings (SSSR count). The fourth-order valence-corrected chi connectivity index (χ4v) is 0.608. The maximum Gasteiger partial charge on any atom is 1.00 e. The van der Waals surface area contributed by atoms with Gasteiger partial charge in [0.2, 0.25) is 0 Å². The molecule has 0 unspecified atom stereocenters. The third kappa shape index (κ3) is 3.23. The average molecular weight is 179 g/mol.